The minimum Gasteiger partial charge on any atom is -0.471 e. The molecule has 0 bridgehead atoms. The molecular weight excluding hydrogens is 440 g/mol. The Balaban J connectivity index is 1.87. The lowest BCUT2D eigenvalue weighted by Gasteiger charge is -2.32. The molecule has 0 unspecified atom stereocenters. The largest absolute Gasteiger partial charge is 0.471 e. The number of hydrogen-bond acceptors (Lipinski definition) is 8. The lowest BCUT2D eigenvalue weighted by molar-refractivity contribution is -0.118. The number of rotatable bonds is 9. The smallest absolute Gasteiger partial charge is 0.274 e. The summed E-state index contributed by atoms with van der Waals surface area (Å²) in [6.45, 7) is 5.34. The van der Waals surface area contributed by atoms with Gasteiger partial charge in [-0.3, -0.25) is 19.2 Å². The van der Waals surface area contributed by atoms with Crippen LogP contribution in [0.4, 0.5) is 11.6 Å². The molecule has 1 aromatic carbocycles. The Morgan fingerprint density at radius 3 is 2.71 bits per heavy atom. The van der Waals surface area contributed by atoms with Gasteiger partial charge in [0.1, 0.15) is 11.7 Å². The van der Waals surface area contributed by atoms with Crippen molar-refractivity contribution in [2.75, 3.05) is 12.4 Å². The summed E-state index contributed by atoms with van der Waals surface area (Å²) in [4.78, 5) is 49.1. The number of primary amides is 1. The number of hydroxylamine groups is 1. The molecule has 1 fully saturated rings. The fraction of sp³-hybridized carbons (Fsp3) is 0.348. The zero-order valence-corrected chi connectivity index (χ0v) is 19.1. The first-order valence-electron chi connectivity index (χ1n) is 10.8. The second-order valence-corrected chi connectivity index (χ2v) is 7.83. The molecular formula is C23H28N6O5. The highest BCUT2D eigenvalue weighted by molar-refractivity contribution is 5.95. The number of amides is 3. The average molecular weight is 469 g/mol. The van der Waals surface area contributed by atoms with Crippen molar-refractivity contribution in [2.24, 2.45) is 5.73 Å². The second-order valence-electron chi connectivity index (χ2n) is 7.83. The van der Waals surface area contributed by atoms with E-state index < -0.39 is 17.9 Å². The molecule has 5 N–H and O–H groups in total. The van der Waals surface area contributed by atoms with E-state index in [0.29, 0.717) is 17.7 Å². The van der Waals surface area contributed by atoms with Crippen LogP contribution in [0.1, 0.15) is 52.0 Å². The van der Waals surface area contributed by atoms with E-state index in [-0.39, 0.29) is 29.3 Å². The van der Waals surface area contributed by atoms with Gasteiger partial charge in [0.2, 0.25) is 17.7 Å². The summed E-state index contributed by atoms with van der Waals surface area (Å²) in [6, 6.07) is 4.78. The summed E-state index contributed by atoms with van der Waals surface area (Å²) in [5, 5.41) is 5.92. The molecule has 1 aliphatic rings. The maximum Gasteiger partial charge on any atom is 0.274 e. The molecule has 34 heavy (non-hydrogen) atoms. The van der Waals surface area contributed by atoms with Crippen LogP contribution in [-0.2, 0) is 9.63 Å². The number of nitrogens with two attached hydrogens (primary N) is 1. The number of carbonyl (C=O) groups is 3. The van der Waals surface area contributed by atoms with Gasteiger partial charge in [-0.05, 0) is 50.0 Å². The topological polar surface area (TPSA) is 158 Å². The third kappa shape index (κ3) is 6.07. The molecule has 11 heteroatoms. The predicted molar refractivity (Wildman–Crippen MR) is 124 cm³/mol. The Morgan fingerprint density at radius 2 is 2.00 bits per heavy atom. The second kappa shape index (κ2) is 11.2. The number of carbonyl (C=O) groups excluding carboxylic acids is 3. The third-order valence-corrected chi connectivity index (χ3v) is 5.44. The van der Waals surface area contributed by atoms with Crippen molar-refractivity contribution in [3.63, 3.8) is 0 Å². The monoisotopic (exact) mass is 468 g/mol. The SMILES string of the molecule is C=CC(=O)N[C@@H]1CCCC[C@H]1Oc1nc(Nc2cc(C(=O)NOC)ccc2C)ncc1C(N)=O. The van der Waals surface area contributed by atoms with Gasteiger partial charge in [0, 0.05) is 17.4 Å². The molecule has 0 saturated heterocycles. The van der Waals surface area contributed by atoms with Crippen LogP contribution in [0, 0.1) is 6.92 Å². The maximum atomic E-state index is 12.1. The number of ether oxygens (including phenoxy) is 1. The average Bonchev–Trinajstić information content (AvgIpc) is 2.81. The molecule has 11 nitrogen and oxygen atoms in total. The van der Waals surface area contributed by atoms with E-state index >= 15 is 0 Å². The van der Waals surface area contributed by atoms with Gasteiger partial charge in [-0.2, -0.15) is 4.98 Å². The van der Waals surface area contributed by atoms with E-state index in [2.05, 4.69) is 37.5 Å². The summed E-state index contributed by atoms with van der Waals surface area (Å²) >= 11 is 0. The number of nitrogens with one attached hydrogen (secondary N) is 3. The summed E-state index contributed by atoms with van der Waals surface area (Å²) in [6.07, 6.45) is 5.32. The van der Waals surface area contributed by atoms with Crippen LogP contribution in [0.3, 0.4) is 0 Å². The standard InChI is InChI=1S/C23H28N6O5/c1-4-19(30)26-16-7-5-6-8-18(16)34-22-15(20(24)31)12-25-23(28-22)27-17-11-14(10-9-13(17)2)21(32)29-33-3/h4,9-12,16,18H,1,5-8H2,2-3H3,(H2,24,31)(H,26,30)(H,29,32)(H,25,27,28)/t16-,18-/m1/s1. The lowest BCUT2D eigenvalue weighted by Crippen LogP contribution is -2.47. The first kappa shape index (κ1) is 24.6. The molecule has 1 heterocycles. The van der Waals surface area contributed by atoms with Crippen molar-refractivity contribution in [3.8, 4) is 5.88 Å². The van der Waals surface area contributed by atoms with Crippen molar-refractivity contribution in [1.29, 1.82) is 0 Å². The predicted octanol–water partition coefficient (Wildman–Crippen LogP) is 1.91. The van der Waals surface area contributed by atoms with Crippen LogP contribution in [0.25, 0.3) is 0 Å². The summed E-state index contributed by atoms with van der Waals surface area (Å²) in [5.74, 6) is -1.29. The zero-order valence-electron chi connectivity index (χ0n) is 19.1. The van der Waals surface area contributed by atoms with Gasteiger partial charge in [-0.25, -0.2) is 10.5 Å². The Kier molecular flexibility index (Phi) is 8.14. The van der Waals surface area contributed by atoms with Gasteiger partial charge < -0.3 is 21.1 Å². The van der Waals surface area contributed by atoms with Gasteiger partial charge in [0.05, 0.1) is 13.2 Å². The van der Waals surface area contributed by atoms with E-state index in [4.69, 9.17) is 10.5 Å². The molecule has 3 amide bonds. The van der Waals surface area contributed by atoms with Crippen molar-refractivity contribution in [3.05, 3.63) is 53.7 Å². The van der Waals surface area contributed by atoms with Crippen molar-refractivity contribution < 1.29 is 24.0 Å². The molecule has 2 aromatic rings. The van der Waals surface area contributed by atoms with Crippen LogP contribution in [0.5, 0.6) is 5.88 Å². The lowest BCUT2D eigenvalue weighted by atomic mass is 9.92. The van der Waals surface area contributed by atoms with Crippen molar-refractivity contribution in [2.45, 2.75) is 44.8 Å². The zero-order chi connectivity index (χ0) is 24.7. The van der Waals surface area contributed by atoms with Crippen LogP contribution >= 0.6 is 0 Å². The first-order valence-corrected chi connectivity index (χ1v) is 10.8. The van der Waals surface area contributed by atoms with E-state index in [0.717, 1.165) is 24.8 Å². The summed E-state index contributed by atoms with van der Waals surface area (Å²) in [5.41, 5.74) is 9.57. The highest BCUT2D eigenvalue weighted by atomic mass is 16.6. The highest BCUT2D eigenvalue weighted by Gasteiger charge is 2.29. The number of aryl methyl sites for hydroxylation is 1. The summed E-state index contributed by atoms with van der Waals surface area (Å²) in [7, 11) is 1.35. The number of anilines is 2. The normalized spacial score (nSPS) is 17.4. The van der Waals surface area contributed by atoms with Crippen LogP contribution < -0.4 is 26.6 Å². The molecule has 0 aliphatic heterocycles. The number of hydrogen-bond donors (Lipinski definition) is 4. The molecule has 2 atom stereocenters. The fourth-order valence-corrected chi connectivity index (χ4v) is 3.64. The number of benzene rings is 1. The Hall–Kier alpha value is -3.99. The Morgan fingerprint density at radius 1 is 1.24 bits per heavy atom. The molecule has 0 spiro atoms. The van der Waals surface area contributed by atoms with E-state index in [1.54, 1.807) is 18.2 Å². The van der Waals surface area contributed by atoms with Gasteiger partial charge in [0.25, 0.3) is 11.8 Å². The number of aromatic nitrogens is 2. The molecule has 1 saturated carbocycles. The number of nitrogens with zero attached hydrogens (tertiary/aromatic N) is 2. The Bertz CT molecular complexity index is 1090. The Labute approximate surface area is 197 Å². The molecule has 1 aromatic heterocycles. The van der Waals surface area contributed by atoms with E-state index in [1.807, 2.05) is 6.92 Å². The maximum absolute atomic E-state index is 12.1. The van der Waals surface area contributed by atoms with Gasteiger partial charge in [-0.1, -0.05) is 19.1 Å². The van der Waals surface area contributed by atoms with Gasteiger partial charge in [0.15, 0.2) is 0 Å². The first-order chi connectivity index (χ1) is 16.3. The minimum atomic E-state index is -0.738. The van der Waals surface area contributed by atoms with Gasteiger partial charge in [-0.15, -0.1) is 0 Å². The quantitative estimate of drug-likeness (QED) is 0.321. The van der Waals surface area contributed by atoms with Crippen molar-refractivity contribution in [1.82, 2.24) is 20.8 Å². The van der Waals surface area contributed by atoms with Crippen LogP contribution in [-0.4, -0.2) is 46.9 Å². The summed E-state index contributed by atoms with van der Waals surface area (Å²) < 4.78 is 6.09. The fourth-order valence-electron chi connectivity index (χ4n) is 3.64. The molecule has 180 valence electrons. The minimum absolute atomic E-state index is 0.0145. The molecule has 1 aliphatic carbocycles. The van der Waals surface area contributed by atoms with Crippen molar-refractivity contribution >= 4 is 29.4 Å². The highest BCUT2D eigenvalue weighted by Crippen LogP contribution is 2.27. The van der Waals surface area contributed by atoms with Gasteiger partial charge >= 0.3 is 0 Å². The van der Waals surface area contributed by atoms with Crippen LogP contribution in [0.15, 0.2) is 37.1 Å². The molecule has 3 rings (SSSR count). The van der Waals surface area contributed by atoms with E-state index in [9.17, 15) is 14.4 Å². The van der Waals surface area contributed by atoms with E-state index in [1.165, 1.54) is 19.4 Å². The van der Waals surface area contributed by atoms with Crippen LogP contribution in [0.2, 0.25) is 0 Å². The third-order valence-electron chi connectivity index (χ3n) is 5.44. The molecule has 0 radical (unpaired) electrons.